The minimum absolute atomic E-state index is 0.608. The van der Waals surface area contributed by atoms with E-state index in [1.54, 1.807) is 0 Å². The molecule has 3 nitrogen and oxygen atoms in total. The molecule has 1 heterocycles. The number of nitrogens with zero attached hydrogens (tertiary/aromatic N) is 2. The highest BCUT2D eigenvalue weighted by Gasteiger charge is 2.02. The molecule has 0 aromatic carbocycles. The number of aryl methyl sites for hydroxylation is 1. The molecule has 1 unspecified atom stereocenters. The van der Waals surface area contributed by atoms with Crippen LogP contribution in [-0.2, 0) is 13.1 Å². The summed E-state index contributed by atoms with van der Waals surface area (Å²) >= 11 is 0. The lowest BCUT2D eigenvalue weighted by atomic mass is 10.1. The second kappa shape index (κ2) is 8.29. The number of unbranched alkanes of at least 4 members (excludes halogenated alkanes) is 3. The van der Waals surface area contributed by atoms with Crippen LogP contribution >= 0.6 is 0 Å². The van der Waals surface area contributed by atoms with Gasteiger partial charge in [-0.3, -0.25) is 4.68 Å². The van der Waals surface area contributed by atoms with Crippen LogP contribution in [0.25, 0.3) is 0 Å². The molecule has 0 spiro atoms. The summed E-state index contributed by atoms with van der Waals surface area (Å²) in [5.41, 5.74) is 1.28. The Bertz CT molecular complexity index is 293. The van der Waals surface area contributed by atoms with Crippen molar-refractivity contribution in [2.45, 2.75) is 72.0 Å². The Kier molecular flexibility index (Phi) is 6.94. The van der Waals surface area contributed by atoms with E-state index < -0.39 is 0 Å². The van der Waals surface area contributed by atoms with Crippen LogP contribution in [-0.4, -0.2) is 15.8 Å². The first-order valence-corrected chi connectivity index (χ1v) is 7.01. The molecular weight excluding hydrogens is 210 g/mol. The standard InChI is InChI=1S/C14H27N3/c1-4-6-7-8-9-13(3)15-10-14-11-16-17(5-2)12-14/h11-13,15H,4-10H2,1-3H3. The molecule has 98 valence electrons. The molecule has 1 N–H and O–H groups in total. The molecule has 1 aromatic heterocycles. The van der Waals surface area contributed by atoms with E-state index in [2.05, 4.69) is 37.4 Å². The quantitative estimate of drug-likeness (QED) is 0.667. The maximum atomic E-state index is 4.28. The number of aromatic nitrogens is 2. The highest BCUT2D eigenvalue weighted by Crippen LogP contribution is 2.06. The van der Waals surface area contributed by atoms with Crippen LogP contribution in [0.5, 0.6) is 0 Å². The second-order valence-corrected chi connectivity index (χ2v) is 4.84. The molecule has 3 heteroatoms. The maximum Gasteiger partial charge on any atom is 0.0534 e. The Balaban J connectivity index is 2.12. The van der Waals surface area contributed by atoms with Gasteiger partial charge in [0, 0.05) is 30.9 Å². The van der Waals surface area contributed by atoms with Crippen molar-refractivity contribution in [2.24, 2.45) is 0 Å². The van der Waals surface area contributed by atoms with Crippen LogP contribution < -0.4 is 5.32 Å². The molecular formula is C14H27N3. The normalized spacial score (nSPS) is 12.9. The molecule has 0 saturated carbocycles. The van der Waals surface area contributed by atoms with Gasteiger partial charge in [0.25, 0.3) is 0 Å². The molecule has 0 amide bonds. The summed E-state index contributed by atoms with van der Waals surface area (Å²) in [6.45, 7) is 8.53. The smallest absolute Gasteiger partial charge is 0.0534 e. The Morgan fingerprint density at radius 3 is 2.76 bits per heavy atom. The Hall–Kier alpha value is -0.830. The molecule has 0 bridgehead atoms. The topological polar surface area (TPSA) is 29.9 Å². The predicted octanol–water partition coefficient (Wildman–Crippen LogP) is 3.35. The average molecular weight is 237 g/mol. The van der Waals surface area contributed by atoms with Crippen molar-refractivity contribution in [3.05, 3.63) is 18.0 Å². The van der Waals surface area contributed by atoms with Gasteiger partial charge in [0.1, 0.15) is 0 Å². The highest BCUT2D eigenvalue weighted by molar-refractivity contribution is 5.03. The fraction of sp³-hybridized carbons (Fsp3) is 0.786. The molecule has 17 heavy (non-hydrogen) atoms. The first-order chi connectivity index (χ1) is 8.26. The van der Waals surface area contributed by atoms with Gasteiger partial charge in [-0.2, -0.15) is 5.10 Å². The van der Waals surface area contributed by atoms with Crippen molar-refractivity contribution >= 4 is 0 Å². The van der Waals surface area contributed by atoms with E-state index in [9.17, 15) is 0 Å². The summed E-state index contributed by atoms with van der Waals surface area (Å²) in [5.74, 6) is 0. The molecule has 1 aromatic rings. The van der Waals surface area contributed by atoms with Crippen molar-refractivity contribution in [2.75, 3.05) is 0 Å². The van der Waals surface area contributed by atoms with Gasteiger partial charge in [-0.1, -0.05) is 32.6 Å². The van der Waals surface area contributed by atoms with Crippen molar-refractivity contribution in [3.8, 4) is 0 Å². The molecule has 0 aliphatic carbocycles. The molecule has 1 atom stereocenters. The Morgan fingerprint density at radius 2 is 2.12 bits per heavy atom. The Morgan fingerprint density at radius 1 is 1.29 bits per heavy atom. The van der Waals surface area contributed by atoms with Crippen molar-refractivity contribution in [3.63, 3.8) is 0 Å². The molecule has 0 saturated heterocycles. The second-order valence-electron chi connectivity index (χ2n) is 4.84. The zero-order valence-electron chi connectivity index (χ0n) is 11.6. The zero-order valence-corrected chi connectivity index (χ0v) is 11.6. The number of rotatable bonds is 9. The summed E-state index contributed by atoms with van der Waals surface area (Å²) in [6.07, 6.45) is 10.8. The monoisotopic (exact) mass is 237 g/mol. The Labute approximate surface area is 106 Å². The SMILES string of the molecule is CCCCCCC(C)NCc1cnn(CC)c1. The van der Waals surface area contributed by atoms with Crippen LogP contribution in [0.2, 0.25) is 0 Å². The van der Waals surface area contributed by atoms with E-state index in [-0.39, 0.29) is 0 Å². The molecule has 0 aliphatic rings. The summed E-state index contributed by atoms with van der Waals surface area (Å²) in [7, 11) is 0. The minimum atomic E-state index is 0.608. The predicted molar refractivity (Wildman–Crippen MR) is 73.0 cm³/mol. The third kappa shape index (κ3) is 5.87. The van der Waals surface area contributed by atoms with Gasteiger partial charge in [0.15, 0.2) is 0 Å². The highest BCUT2D eigenvalue weighted by atomic mass is 15.3. The van der Waals surface area contributed by atoms with Gasteiger partial charge in [-0.25, -0.2) is 0 Å². The fourth-order valence-corrected chi connectivity index (χ4v) is 1.94. The van der Waals surface area contributed by atoms with E-state index >= 15 is 0 Å². The number of hydrogen-bond acceptors (Lipinski definition) is 2. The summed E-state index contributed by atoms with van der Waals surface area (Å²) in [5, 5.41) is 7.84. The van der Waals surface area contributed by atoms with Gasteiger partial charge in [0.2, 0.25) is 0 Å². The van der Waals surface area contributed by atoms with Crippen LogP contribution in [0.1, 0.15) is 58.4 Å². The molecule has 0 radical (unpaired) electrons. The van der Waals surface area contributed by atoms with Crippen LogP contribution in [0, 0.1) is 0 Å². The zero-order chi connectivity index (χ0) is 12.5. The number of nitrogens with one attached hydrogen (secondary N) is 1. The molecule has 0 aliphatic heterocycles. The van der Waals surface area contributed by atoms with Crippen molar-refractivity contribution < 1.29 is 0 Å². The molecule has 1 rings (SSSR count). The lowest BCUT2D eigenvalue weighted by Crippen LogP contribution is -2.25. The molecule has 0 fully saturated rings. The van der Waals surface area contributed by atoms with Crippen molar-refractivity contribution in [1.29, 1.82) is 0 Å². The van der Waals surface area contributed by atoms with Gasteiger partial charge < -0.3 is 5.32 Å². The van der Waals surface area contributed by atoms with Crippen LogP contribution in [0.3, 0.4) is 0 Å². The van der Waals surface area contributed by atoms with E-state index in [1.165, 1.54) is 37.7 Å². The lowest BCUT2D eigenvalue weighted by Gasteiger charge is -2.12. The third-order valence-electron chi connectivity index (χ3n) is 3.16. The first kappa shape index (κ1) is 14.2. The van der Waals surface area contributed by atoms with Crippen LogP contribution in [0.15, 0.2) is 12.4 Å². The van der Waals surface area contributed by atoms with Crippen molar-refractivity contribution in [1.82, 2.24) is 15.1 Å². The third-order valence-corrected chi connectivity index (χ3v) is 3.16. The summed E-state index contributed by atoms with van der Waals surface area (Å²) < 4.78 is 1.98. The van der Waals surface area contributed by atoms with E-state index in [4.69, 9.17) is 0 Å². The van der Waals surface area contributed by atoms with Gasteiger partial charge in [-0.15, -0.1) is 0 Å². The largest absolute Gasteiger partial charge is 0.310 e. The first-order valence-electron chi connectivity index (χ1n) is 7.01. The lowest BCUT2D eigenvalue weighted by molar-refractivity contribution is 0.482. The van der Waals surface area contributed by atoms with Crippen LogP contribution in [0.4, 0.5) is 0 Å². The van der Waals surface area contributed by atoms with Gasteiger partial charge >= 0.3 is 0 Å². The fourth-order valence-electron chi connectivity index (χ4n) is 1.94. The minimum Gasteiger partial charge on any atom is -0.310 e. The van der Waals surface area contributed by atoms with E-state index in [0.29, 0.717) is 6.04 Å². The van der Waals surface area contributed by atoms with E-state index in [0.717, 1.165) is 13.1 Å². The summed E-state index contributed by atoms with van der Waals surface area (Å²) in [4.78, 5) is 0. The van der Waals surface area contributed by atoms with Gasteiger partial charge in [-0.05, 0) is 20.3 Å². The summed E-state index contributed by atoms with van der Waals surface area (Å²) in [6, 6.07) is 0.608. The number of hydrogen-bond donors (Lipinski definition) is 1. The average Bonchev–Trinajstić information content (AvgIpc) is 2.80. The van der Waals surface area contributed by atoms with Gasteiger partial charge in [0.05, 0.1) is 6.20 Å². The maximum absolute atomic E-state index is 4.28. The van der Waals surface area contributed by atoms with E-state index in [1.807, 2.05) is 10.9 Å².